The van der Waals surface area contributed by atoms with E-state index in [1.54, 1.807) is 6.26 Å². The fraction of sp³-hybridized carbons (Fsp3) is 0.385. The average Bonchev–Trinajstić information content (AvgIpc) is 3.52. The number of aryl methyl sites for hydroxylation is 1. The summed E-state index contributed by atoms with van der Waals surface area (Å²) < 4.78 is 11.6. The first-order valence-corrected chi connectivity index (χ1v) is 11.3. The Balaban J connectivity index is 1.29. The Labute approximate surface area is 188 Å². The molecule has 3 aromatic rings. The smallest absolute Gasteiger partial charge is 0.347 e. The molecule has 2 aromatic carbocycles. The second-order valence-electron chi connectivity index (χ2n) is 9.22. The van der Waals surface area contributed by atoms with Crippen LogP contribution in [0, 0.1) is 0 Å². The Bertz CT molecular complexity index is 1070. The number of esters is 1. The van der Waals surface area contributed by atoms with Crippen molar-refractivity contribution in [3.63, 3.8) is 0 Å². The van der Waals surface area contributed by atoms with E-state index in [0.29, 0.717) is 17.7 Å². The van der Waals surface area contributed by atoms with E-state index in [0.717, 1.165) is 60.1 Å². The summed E-state index contributed by atoms with van der Waals surface area (Å²) in [6.45, 7) is 2.37. The number of likely N-dealkylation sites (tertiary alicyclic amines) is 1. The number of likely N-dealkylation sites (N-methyl/N-ethyl adjacent to an activating group) is 1. The highest BCUT2D eigenvalue weighted by atomic mass is 16.6. The molecular formula is C26H29N2O4+. The SMILES string of the molecule is C[N+]1(CCCc2ccon2)CCC[C@@H]1COC(=O)C1(O)c2ccccc2-c2ccccc21. The number of quaternary nitrogens is 1. The van der Waals surface area contributed by atoms with E-state index in [2.05, 4.69) is 12.2 Å². The van der Waals surface area contributed by atoms with Crippen molar-refractivity contribution in [2.75, 3.05) is 26.7 Å². The van der Waals surface area contributed by atoms with Crippen LogP contribution in [0.25, 0.3) is 11.1 Å². The van der Waals surface area contributed by atoms with E-state index in [9.17, 15) is 9.90 Å². The van der Waals surface area contributed by atoms with E-state index in [-0.39, 0.29) is 6.04 Å². The van der Waals surface area contributed by atoms with Crippen LogP contribution in [-0.2, 0) is 21.6 Å². The standard InChI is InChI=1S/C26H29N2O4/c1-28(15-6-8-19-14-17-32-27-19)16-7-9-20(28)18-31-25(29)26(30)23-12-4-2-10-21(23)22-11-3-5-13-24(22)26/h2-5,10-14,17,20,30H,6-9,15-16,18H2,1H3/q+1/t20-,28?/m1/s1. The van der Waals surface area contributed by atoms with Crippen molar-refractivity contribution in [3.05, 3.63) is 77.7 Å². The van der Waals surface area contributed by atoms with Gasteiger partial charge in [-0.25, -0.2) is 4.79 Å². The number of hydrogen-bond acceptors (Lipinski definition) is 5. The van der Waals surface area contributed by atoms with Crippen LogP contribution in [-0.4, -0.2) is 53.5 Å². The maximum absolute atomic E-state index is 13.3. The third-order valence-electron chi connectivity index (χ3n) is 7.31. The number of nitrogens with zero attached hydrogens (tertiary/aromatic N) is 2. The highest BCUT2D eigenvalue weighted by Gasteiger charge is 2.50. The second-order valence-corrected chi connectivity index (χ2v) is 9.22. The van der Waals surface area contributed by atoms with Gasteiger partial charge in [0.1, 0.15) is 18.9 Å². The van der Waals surface area contributed by atoms with Gasteiger partial charge in [0.15, 0.2) is 0 Å². The molecule has 1 aromatic heterocycles. The molecule has 1 N–H and O–H groups in total. The van der Waals surface area contributed by atoms with Crippen molar-refractivity contribution in [2.24, 2.45) is 0 Å². The fourth-order valence-corrected chi connectivity index (χ4v) is 5.44. The minimum atomic E-state index is -1.76. The minimum Gasteiger partial charge on any atom is -0.457 e. The van der Waals surface area contributed by atoms with Gasteiger partial charge in [0.25, 0.3) is 0 Å². The lowest BCUT2D eigenvalue weighted by molar-refractivity contribution is -0.921. The van der Waals surface area contributed by atoms with Crippen LogP contribution in [0.4, 0.5) is 0 Å². The molecule has 2 heterocycles. The monoisotopic (exact) mass is 433 g/mol. The first-order valence-electron chi connectivity index (χ1n) is 11.3. The van der Waals surface area contributed by atoms with Crippen molar-refractivity contribution in [1.82, 2.24) is 5.16 Å². The molecule has 1 saturated heterocycles. The zero-order valence-corrected chi connectivity index (χ0v) is 18.4. The lowest BCUT2D eigenvalue weighted by Gasteiger charge is -2.36. The molecule has 1 aliphatic heterocycles. The van der Waals surface area contributed by atoms with Crippen molar-refractivity contribution in [2.45, 2.75) is 37.3 Å². The molecule has 0 bridgehead atoms. The zero-order valence-electron chi connectivity index (χ0n) is 18.4. The number of carbonyl (C=O) groups is 1. The van der Waals surface area contributed by atoms with Crippen LogP contribution < -0.4 is 0 Å². The average molecular weight is 434 g/mol. The predicted molar refractivity (Wildman–Crippen MR) is 120 cm³/mol. The molecule has 2 atom stereocenters. The van der Waals surface area contributed by atoms with E-state index < -0.39 is 11.6 Å². The summed E-state index contributed by atoms with van der Waals surface area (Å²) in [6, 6.07) is 17.2. The largest absolute Gasteiger partial charge is 0.457 e. The molecular weight excluding hydrogens is 404 g/mol. The number of carbonyl (C=O) groups excluding carboxylic acids is 1. The van der Waals surface area contributed by atoms with Crippen LogP contribution in [0.1, 0.15) is 36.1 Å². The highest BCUT2D eigenvalue weighted by molar-refractivity contribution is 5.96. The second kappa shape index (κ2) is 8.19. The molecule has 6 nitrogen and oxygen atoms in total. The Morgan fingerprint density at radius 1 is 1.16 bits per heavy atom. The van der Waals surface area contributed by atoms with Crippen LogP contribution >= 0.6 is 0 Å². The van der Waals surface area contributed by atoms with Gasteiger partial charge < -0.3 is 18.8 Å². The summed E-state index contributed by atoms with van der Waals surface area (Å²) >= 11 is 0. The topological polar surface area (TPSA) is 72.6 Å². The van der Waals surface area contributed by atoms with Crippen molar-refractivity contribution < 1.29 is 23.6 Å². The molecule has 1 fully saturated rings. The molecule has 6 heteroatoms. The van der Waals surface area contributed by atoms with E-state index in [4.69, 9.17) is 9.26 Å². The molecule has 0 spiro atoms. The summed E-state index contributed by atoms with van der Waals surface area (Å²) in [7, 11) is 2.24. The van der Waals surface area contributed by atoms with Crippen molar-refractivity contribution in [3.8, 4) is 11.1 Å². The number of benzene rings is 2. The van der Waals surface area contributed by atoms with Gasteiger partial charge in [-0.1, -0.05) is 53.7 Å². The summed E-state index contributed by atoms with van der Waals surface area (Å²) in [5.41, 5.74) is 2.18. The zero-order chi connectivity index (χ0) is 22.2. The molecule has 1 aliphatic carbocycles. The maximum Gasteiger partial charge on any atom is 0.347 e. The lowest BCUT2D eigenvalue weighted by Crippen LogP contribution is -2.51. The third kappa shape index (κ3) is 3.44. The number of fused-ring (bicyclic) bond motifs is 3. The Hall–Kier alpha value is -2.96. The summed E-state index contributed by atoms with van der Waals surface area (Å²) in [5.74, 6) is -0.587. The van der Waals surface area contributed by atoms with Crippen molar-refractivity contribution >= 4 is 5.97 Å². The van der Waals surface area contributed by atoms with Crippen LogP contribution in [0.3, 0.4) is 0 Å². The summed E-state index contributed by atoms with van der Waals surface area (Å²) in [6.07, 6.45) is 5.61. The van der Waals surface area contributed by atoms with Crippen LogP contribution in [0.2, 0.25) is 0 Å². The Morgan fingerprint density at radius 2 is 1.84 bits per heavy atom. The van der Waals surface area contributed by atoms with Gasteiger partial charge in [-0.3, -0.25) is 0 Å². The molecule has 2 aliphatic rings. The summed E-state index contributed by atoms with van der Waals surface area (Å²) in [5, 5.41) is 15.6. The van der Waals surface area contributed by atoms with Crippen LogP contribution in [0.5, 0.6) is 0 Å². The Morgan fingerprint density at radius 3 is 2.50 bits per heavy atom. The lowest BCUT2D eigenvalue weighted by atomic mass is 9.91. The van der Waals surface area contributed by atoms with Crippen LogP contribution in [0.15, 0.2) is 65.4 Å². The number of aromatic nitrogens is 1. The molecule has 166 valence electrons. The van der Waals surface area contributed by atoms with Gasteiger partial charge in [-0.05, 0) is 17.5 Å². The van der Waals surface area contributed by atoms with E-state index >= 15 is 0 Å². The molecule has 0 radical (unpaired) electrons. The van der Waals surface area contributed by atoms with Crippen molar-refractivity contribution in [1.29, 1.82) is 0 Å². The van der Waals surface area contributed by atoms with Gasteiger partial charge in [0, 0.05) is 36.5 Å². The van der Waals surface area contributed by atoms with Gasteiger partial charge in [-0.2, -0.15) is 0 Å². The van der Waals surface area contributed by atoms with E-state index in [1.165, 1.54) is 0 Å². The van der Waals surface area contributed by atoms with Gasteiger partial charge in [0.05, 0.1) is 25.8 Å². The quantitative estimate of drug-likeness (QED) is 0.455. The minimum absolute atomic E-state index is 0.228. The predicted octanol–water partition coefficient (Wildman–Crippen LogP) is 3.68. The molecule has 0 saturated carbocycles. The third-order valence-corrected chi connectivity index (χ3v) is 7.31. The number of ether oxygens (including phenoxy) is 1. The Kier molecular flexibility index (Phi) is 5.35. The maximum atomic E-state index is 13.3. The first-order chi connectivity index (χ1) is 15.5. The normalized spacial score (nSPS) is 23.0. The van der Waals surface area contributed by atoms with E-state index in [1.807, 2.05) is 54.6 Å². The molecule has 32 heavy (non-hydrogen) atoms. The molecule has 0 amide bonds. The van der Waals surface area contributed by atoms with Gasteiger partial charge >= 0.3 is 5.97 Å². The molecule has 5 rings (SSSR count). The number of hydrogen-bond donors (Lipinski definition) is 1. The number of aliphatic hydroxyl groups is 1. The summed E-state index contributed by atoms with van der Waals surface area (Å²) in [4.78, 5) is 13.3. The van der Waals surface area contributed by atoms with Gasteiger partial charge in [0.2, 0.25) is 5.60 Å². The highest BCUT2D eigenvalue weighted by Crippen LogP contribution is 2.48. The fourth-order valence-electron chi connectivity index (χ4n) is 5.44. The van der Waals surface area contributed by atoms with Gasteiger partial charge in [-0.15, -0.1) is 0 Å². The number of rotatable bonds is 7. The first kappa shape index (κ1) is 20.9. The molecule has 1 unspecified atom stereocenters.